The van der Waals surface area contributed by atoms with Crippen LogP contribution in [0, 0.1) is 0 Å². The summed E-state index contributed by atoms with van der Waals surface area (Å²) in [5.41, 5.74) is 7.56. The summed E-state index contributed by atoms with van der Waals surface area (Å²) >= 11 is 0.923. The van der Waals surface area contributed by atoms with E-state index < -0.39 is 0 Å². The van der Waals surface area contributed by atoms with Crippen LogP contribution < -0.4 is 23.0 Å². The van der Waals surface area contributed by atoms with E-state index in [0.717, 1.165) is 22.2 Å². The van der Waals surface area contributed by atoms with Crippen LogP contribution in [-0.4, -0.2) is 11.1 Å². The maximum Gasteiger partial charge on any atom is 0.298 e. The topological polar surface area (TPSA) is 63.4 Å². The number of carbonyl (C=O) groups is 2. The quantitative estimate of drug-likeness (QED) is 0.643. The van der Waals surface area contributed by atoms with E-state index in [4.69, 9.17) is 5.73 Å². The zero-order chi connectivity index (χ0) is 14.8. The van der Waals surface area contributed by atoms with Crippen LogP contribution in [0.1, 0.15) is 5.56 Å². The minimum atomic E-state index is -0.341. The van der Waals surface area contributed by atoms with Gasteiger partial charge in [0.2, 0.25) is 0 Å². The van der Waals surface area contributed by atoms with Crippen molar-refractivity contribution in [1.29, 1.82) is 0 Å². The highest BCUT2D eigenvalue weighted by Crippen LogP contribution is 2.37. The zero-order valence-electron chi connectivity index (χ0n) is 11.4. The minimum Gasteiger partial charge on any atom is -1.00 e. The van der Waals surface area contributed by atoms with Crippen LogP contribution >= 0.6 is 11.8 Å². The first kappa shape index (κ1) is 16.1. The van der Waals surface area contributed by atoms with Crippen LogP contribution in [0.3, 0.4) is 0 Å². The van der Waals surface area contributed by atoms with Gasteiger partial charge in [0, 0.05) is 0 Å². The van der Waals surface area contributed by atoms with Crippen LogP contribution in [0.4, 0.5) is 16.2 Å². The molecule has 0 bridgehead atoms. The first-order valence-electron chi connectivity index (χ1n) is 6.34. The number of hydrogen-bond donors (Lipinski definition) is 1. The molecule has 1 fully saturated rings. The van der Waals surface area contributed by atoms with Gasteiger partial charge in [-0.3, -0.25) is 9.59 Å². The number of rotatable bonds is 2. The third kappa shape index (κ3) is 3.00. The van der Waals surface area contributed by atoms with Gasteiger partial charge in [-0.1, -0.05) is 42.5 Å². The van der Waals surface area contributed by atoms with Gasteiger partial charge in [0.15, 0.2) is 0 Å². The van der Waals surface area contributed by atoms with Crippen molar-refractivity contribution in [3.8, 4) is 0 Å². The summed E-state index contributed by atoms with van der Waals surface area (Å²) in [6.07, 6.45) is 1.71. The Morgan fingerprint density at radius 3 is 2.27 bits per heavy atom. The molecule has 0 atom stereocenters. The molecule has 0 unspecified atom stereocenters. The van der Waals surface area contributed by atoms with Gasteiger partial charge in [-0.05, 0) is 35.5 Å². The summed E-state index contributed by atoms with van der Waals surface area (Å²) in [5.74, 6) is -0.341. The summed E-state index contributed by atoms with van der Waals surface area (Å²) in [7, 11) is 0. The first-order valence-corrected chi connectivity index (χ1v) is 7.16. The van der Waals surface area contributed by atoms with E-state index in [2.05, 4.69) is 0 Å². The lowest BCUT2D eigenvalue weighted by Gasteiger charge is -2.14. The lowest BCUT2D eigenvalue weighted by molar-refractivity contribution is -0.113. The minimum absolute atomic E-state index is 0. The normalized spacial score (nSPS) is 16.0. The Labute approximate surface area is 138 Å². The number of nitrogens with two attached hydrogens (primary N) is 1. The van der Waals surface area contributed by atoms with Crippen molar-refractivity contribution in [1.82, 2.24) is 0 Å². The Morgan fingerprint density at radius 1 is 0.955 bits per heavy atom. The molecule has 22 heavy (non-hydrogen) atoms. The Hall–Kier alpha value is -2.24. The zero-order valence-corrected chi connectivity index (χ0v) is 13.0. The molecular weight excluding hydrogens is 320 g/mol. The smallest absolute Gasteiger partial charge is 0.298 e. The number of benzene rings is 2. The second-order valence-corrected chi connectivity index (χ2v) is 5.48. The Kier molecular flexibility index (Phi) is 4.90. The van der Waals surface area contributed by atoms with E-state index in [1.807, 2.05) is 30.3 Å². The van der Waals surface area contributed by atoms with Gasteiger partial charge in [-0.2, -0.15) is 0 Å². The van der Waals surface area contributed by atoms with Crippen LogP contribution in [0.2, 0.25) is 0 Å². The maximum atomic E-state index is 12.4. The fourth-order valence-corrected chi connectivity index (χ4v) is 2.90. The molecular formula is C16H12ClN2O2S-. The molecule has 0 saturated carbocycles. The van der Waals surface area contributed by atoms with E-state index in [1.54, 1.807) is 30.3 Å². The fraction of sp³-hybridized carbons (Fsp3) is 0. The molecule has 4 nitrogen and oxygen atoms in total. The van der Waals surface area contributed by atoms with Crippen LogP contribution in [0.5, 0.6) is 0 Å². The number of anilines is 2. The Morgan fingerprint density at radius 2 is 1.59 bits per heavy atom. The molecule has 2 aromatic carbocycles. The molecule has 2 amide bonds. The lowest BCUT2D eigenvalue weighted by atomic mass is 10.2. The number of para-hydroxylation sites is 2. The molecule has 2 aromatic rings. The molecule has 0 aliphatic carbocycles. The monoisotopic (exact) mass is 331 g/mol. The fourth-order valence-electron chi connectivity index (χ4n) is 2.07. The standard InChI is InChI=1S/C16H12N2O2S.ClH/c17-12-8-4-5-9-13(12)18-15(19)14(21-16(18)20)10-11-6-2-1-3-7-11;/h1-10H,17H2;1H/p-1/b14-10-;. The number of hydrogen-bond acceptors (Lipinski definition) is 4. The SMILES string of the molecule is Nc1ccccc1N1C(=O)S/C(=C\c2ccccc2)C1=O.[Cl-]. The number of imide groups is 1. The molecule has 0 radical (unpaired) electrons. The number of nitrogen functional groups attached to an aromatic ring is 1. The molecule has 6 heteroatoms. The van der Waals surface area contributed by atoms with Crippen LogP contribution in [0.15, 0.2) is 59.5 Å². The number of nitrogens with zero attached hydrogens (tertiary/aromatic N) is 1. The van der Waals surface area contributed by atoms with Crippen molar-refractivity contribution in [2.45, 2.75) is 0 Å². The number of carbonyl (C=O) groups excluding carboxylic acids is 2. The second kappa shape index (κ2) is 6.68. The third-order valence-corrected chi connectivity index (χ3v) is 3.94. The number of thioether (sulfide) groups is 1. The molecule has 1 aliphatic rings. The molecule has 3 rings (SSSR count). The van der Waals surface area contributed by atoms with Gasteiger partial charge in [0.25, 0.3) is 11.1 Å². The molecule has 1 aliphatic heterocycles. The summed E-state index contributed by atoms with van der Waals surface area (Å²) in [6, 6.07) is 16.3. The van der Waals surface area contributed by atoms with Crippen molar-refractivity contribution in [2.24, 2.45) is 0 Å². The average Bonchev–Trinajstić information content (AvgIpc) is 2.76. The summed E-state index contributed by atoms with van der Waals surface area (Å²) < 4.78 is 0. The van der Waals surface area contributed by atoms with Crippen molar-refractivity contribution in [3.05, 3.63) is 65.1 Å². The predicted octanol–water partition coefficient (Wildman–Crippen LogP) is 0.514. The van der Waals surface area contributed by atoms with Gasteiger partial charge < -0.3 is 18.1 Å². The van der Waals surface area contributed by atoms with Gasteiger partial charge in [0.1, 0.15) is 0 Å². The van der Waals surface area contributed by atoms with Crippen LogP contribution in [-0.2, 0) is 4.79 Å². The Balaban J connectivity index is 0.00000176. The van der Waals surface area contributed by atoms with E-state index in [-0.39, 0.29) is 23.6 Å². The van der Waals surface area contributed by atoms with Crippen LogP contribution in [0.25, 0.3) is 6.08 Å². The predicted molar refractivity (Wildman–Crippen MR) is 85.7 cm³/mol. The maximum absolute atomic E-state index is 12.4. The average molecular weight is 332 g/mol. The summed E-state index contributed by atoms with van der Waals surface area (Å²) in [6.45, 7) is 0. The number of halogens is 1. The molecule has 2 N–H and O–H groups in total. The van der Waals surface area contributed by atoms with E-state index in [1.165, 1.54) is 0 Å². The van der Waals surface area contributed by atoms with E-state index in [9.17, 15) is 9.59 Å². The summed E-state index contributed by atoms with van der Waals surface area (Å²) in [5, 5.41) is -0.333. The molecule has 1 saturated heterocycles. The lowest BCUT2D eigenvalue weighted by Crippen LogP contribution is -3.00. The largest absolute Gasteiger partial charge is 1.00 e. The molecule has 0 aromatic heterocycles. The van der Waals surface area contributed by atoms with Crippen molar-refractivity contribution in [2.75, 3.05) is 10.6 Å². The number of amides is 2. The summed E-state index contributed by atoms with van der Waals surface area (Å²) in [4.78, 5) is 26.1. The third-order valence-electron chi connectivity index (χ3n) is 3.07. The van der Waals surface area contributed by atoms with Gasteiger partial charge in [0.05, 0.1) is 16.3 Å². The Bertz CT molecular complexity index is 747. The van der Waals surface area contributed by atoms with E-state index >= 15 is 0 Å². The molecule has 0 spiro atoms. The first-order chi connectivity index (χ1) is 10.2. The highest BCUT2D eigenvalue weighted by atomic mass is 35.5. The van der Waals surface area contributed by atoms with Gasteiger partial charge in [-0.15, -0.1) is 0 Å². The second-order valence-electron chi connectivity index (χ2n) is 4.49. The van der Waals surface area contributed by atoms with Crippen molar-refractivity contribution >= 4 is 40.4 Å². The van der Waals surface area contributed by atoms with Crippen molar-refractivity contribution < 1.29 is 22.0 Å². The highest BCUT2D eigenvalue weighted by molar-refractivity contribution is 8.19. The van der Waals surface area contributed by atoms with Crippen molar-refractivity contribution in [3.63, 3.8) is 0 Å². The van der Waals surface area contributed by atoms with Gasteiger partial charge in [-0.25, -0.2) is 4.90 Å². The highest BCUT2D eigenvalue weighted by Gasteiger charge is 2.37. The molecule has 1 heterocycles. The van der Waals surface area contributed by atoms with Gasteiger partial charge >= 0.3 is 0 Å². The molecule has 112 valence electrons. The van der Waals surface area contributed by atoms with E-state index in [0.29, 0.717) is 16.3 Å².